The van der Waals surface area contributed by atoms with E-state index in [4.69, 9.17) is 15.3 Å². The number of benzene rings is 1. The first-order chi connectivity index (χ1) is 7.93. The lowest BCUT2D eigenvalue weighted by atomic mass is 10.0. The molecule has 0 aromatic heterocycles. The molecule has 5 nitrogen and oxygen atoms in total. The van der Waals surface area contributed by atoms with Crippen LogP contribution in [0.25, 0.3) is 0 Å². The van der Waals surface area contributed by atoms with E-state index in [1.165, 1.54) is 14.2 Å². The molecule has 0 spiro atoms. The number of hydrogen-bond donors (Lipinski definition) is 1. The smallest absolute Gasteiger partial charge is 0.271 e. The highest BCUT2D eigenvalue weighted by molar-refractivity contribution is 5.97. The zero-order valence-electron chi connectivity index (χ0n) is 10.8. The largest absolute Gasteiger partial charge is 0.496 e. The predicted octanol–water partition coefficient (Wildman–Crippen LogP) is 1.27. The number of nitrogens with two attached hydrogens (primary N) is 1. The fraction of sp³-hybridized carbons (Fsp3) is 0.417. The van der Waals surface area contributed by atoms with Crippen molar-refractivity contribution in [3.8, 4) is 11.5 Å². The molecule has 0 radical (unpaired) electrons. The molecule has 0 heterocycles. The van der Waals surface area contributed by atoms with Gasteiger partial charge in [0.05, 0.1) is 19.8 Å². The first-order valence-corrected chi connectivity index (χ1v) is 5.19. The molecule has 1 rings (SSSR count). The Balaban J connectivity index is 3.48. The van der Waals surface area contributed by atoms with Crippen molar-refractivity contribution in [2.75, 3.05) is 21.3 Å². The quantitative estimate of drug-likeness (QED) is 0.489. The zero-order valence-corrected chi connectivity index (χ0v) is 10.8. The maximum Gasteiger partial charge on any atom is 0.271 e. The number of carbonyl (C=O) groups excluding carboxylic acids is 1. The van der Waals surface area contributed by atoms with E-state index in [1.807, 2.05) is 13.8 Å². The second-order valence-corrected chi connectivity index (χ2v) is 3.83. The van der Waals surface area contributed by atoms with Crippen LogP contribution in [-0.4, -0.2) is 32.2 Å². The molecular weight excluding hydrogens is 220 g/mol. The van der Waals surface area contributed by atoms with Crippen molar-refractivity contribution in [2.24, 2.45) is 5.84 Å². The van der Waals surface area contributed by atoms with Gasteiger partial charge in [0.1, 0.15) is 11.5 Å². The van der Waals surface area contributed by atoms with Crippen molar-refractivity contribution in [3.05, 3.63) is 22.8 Å². The fourth-order valence-corrected chi connectivity index (χ4v) is 1.69. The van der Waals surface area contributed by atoms with Crippen molar-refractivity contribution in [3.63, 3.8) is 0 Å². The Morgan fingerprint density at radius 2 is 1.82 bits per heavy atom. The maximum atomic E-state index is 11.9. The number of ether oxygens (including phenoxy) is 2. The van der Waals surface area contributed by atoms with Gasteiger partial charge >= 0.3 is 0 Å². The van der Waals surface area contributed by atoms with Gasteiger partial charge in [0.15, 0.2) is 0 Å². The number of nitrogens with zero attached hydrogens (tertiary/aromatic N) is 1. The second kappa shape index (κ2) is 5.05. The Bertz CT molecular complexity index is 442. The number of carbonyl (C=O) groups is 1. The lowest BCUT2D eigenvalue weighted by Gasteiger charge is -2.18. The summed E-state index contributed by atoms with van der Waals surface area (Å²) >= 11 is 0. The van der Waals surface area contributed by atoms with Crippen molar-refractivity contribution in [2.45, 2.75) is 13.8 Å². The summed E-state index contributed by atoms with van der Waals surface area (Å²) in [7, 11) is 4.58. The number of hydrogen-bond acceptors (Lipinski definition) is 4. The van der Waals surface area contributed by atoms with Gasteiger partial charge in [-0.25, -0.2) is 5.84 Å². The molecule has 1 amide bonds. The molecule has 0 aliphatic heterocycles. The third-order valence-corrected chi connectivity index (χ3v) is 2.77. The zero-order chi connectivity index (χ0) is 13.2. The fourth-order valence-electron chi connectivity index (χ4n) is 1.69. The van der Waals surface area contributed by atoms with E-state index in [1.54, 1.807) is 13.2 Å². The highest BCUT2D eigenvalue weighted by Crippen LogP contribution is 2.33. The Hall–Kier alpha value is -1.75. The summed E-state index contributed by atoms with van der Waals surface area (Å²) in [5.41, 5.74) is 2.22. The Labute approximate surface area is 101 Å². The van der Waals surface area contributed by atoms with Crippen molar-refractivity contribution < 1.29 is 14.3 Å². The number of amides is 1. The molecule has 17 heavy (non-hydrogen) atoms. The Morgan fingerprint density at radius 3 is 2.24 bits per heavy atom. The van der Waals surface area contributed by atoms with E-state index >= 15 is 0 Å². The maximum absolute atomic E-state index is 11.9. The number of hydrazine groups is 1. The van der Waals surface area contributed by atoms with Crippen LogP contribution in [0.5, 0.6) is 11.5 Å². The molecule has 2 N–H and O–H groups in total. The minimum Gasteiger partial charge on any atom is -0.496 e. The molecule has 0 aliphatic rings. The van der Waals surface area contributed by atoms with Crippen LogP contribution in [0.4, 0.5) is 0 Å². The molecule has 5 heteroatoms. The summed E-state index contributed by atoms with van der Waals surface area (Å²) in [6, 6.07) is 1.65. The van der Waals surface area contributed by atoms with Gasteiger partial charge in [-0.05, 0) is 31.0 Å². The SMILES string of the molecule is COc1cc(C(=O)N(C)N)c(OC)c(C)c1C. The highest BCUT2D eigenvalue weighted by Gasteiger charge is 2.20. The molecule has 0 unspecified atom stereocenters. The topological polar surface area (TPSA) is 64.8 Å². The molecule has 0 saturated heterocycles. The molecule has 1 aromatic rings. The van der Waals surface area contributed by atoms with Crippen LogP contribution in [0.3, 0.4) is 0 Å². The molecule has 0 fully saturated rings. The summed E-state index contributed by atoms with van der Waals surface area (Å²) < 4.78 is 10.5. The molecule has 1 aromatic carbocycles. The lowest BCUT2D eigenvalue weighted by Crippen LogP contribution is -2.33. The van der Waals surface area contributed by atoms with Crippen molar-refractivity contribution >= 4 is 5.91 Å². The van der Waals surface area contributed by atoms with Crippen LogP contribution < -0.4 is 15.3 Å². The van der Waals surface area contributed by atoms with Crippen LogP contribution in [0.2, 0.25) is 0 Å². The van der Waals surface area contributed by atoms with Gasteiger partial charge in [0, 0.05) is 7.05 Å². The van der Waals surface area contributed by atoms with Gasteiger partial charge in [-0.1, -0.05) is 0 Å². The molecule has 0 atom stereocenters. The van der Waals surface area contributed by atoms with E-state index in [0.29, 0.717) is 17.1 Å². The first kappa shape index (κ1) is 13.3. The van der Waals surface area contributed by atoms with Crippen LogP contribution in [0.1, 0.15) is 21.5 Å². The summed E-state index contributed by atoms with van der Waals surface area (Å²) in [5.74, 6) is 6.32. The van der Waals surface area contributed by atoms with Gasteiger partial charge in [-0.2, -0.15) is 0 Å². The minimum absolute atomic E-state index is 0.316. The van der Waals surface area contributed by atoms with E-state index in [2.05, 4.69) is 0 Å². The number of rotatable bonds is 3. The van der Waals surface area contributed by atoms with Gasteiger partial charge in [0.2, 0.25) is 0 Å². The monoisotopic (exact) mass is 238 g/mol. The molecule has 0 bridgehead atoms. The Kier molecular flexibility index (Phi) is 3.96. The average Bonchev–Trinajstić information content (AvgIpc) is 2.31. The summed E-state index contributed by atoms with van der Waals surface area (Å²) in [4.78, 5) is 11.9. The Morgan fingerprint density at radius 1 is 1.24 bits per heavy atom. The van der Waals surface area contributed by atoms with Crippen LogP contribution in [-0.2, 0) is 0 Å². The molecule has 0 aliphatic carbocycles. The van der Waals surface area contributed by atoms with Gasteiger partial charge in [0.25, 0.3) is 5.91 Å². The van der Waals surface area contributed by atoms with E-state index in [9.17, 15) is 4.79 Å². The summed E-state index contributed by atoms with van der Waals surface area (Å²) in [5, 5.41) is 1.02. The predicted molar refractivity (Wildman–Crippen MR) is 65.3 cm³/mol. The van der Waals surface area contributed by atoms with Gasteiger partial charge in [-0.3, -0.25) is 9.80 Å². The molecule has 0 saturated carbocycles. The average molecular weight is 238 g/mol. The van der Waals surface area contributed by atoms with Crippen LogP contribution in [0, 0.1) is 13.8 Å². The van der Waals surface area contributed by atoms with Gasteiger partial charge in [-0.15, -0.1) is 0 Å². The standard InChI is InChI=1S/C12H18N2O3/c1-7-8(2)11(17-5)9(6-10(7)16-4)12(15)14(3)13/h6H,13H2,1-5H3. The van der Waals surface area contributed by atoms with E-state index in [-0.39, 0.29) is 5.91 Å². The second-order valence-electron chi connectivity index (χ2n) is 3.83. The number of methoxy groups -OCH3 is 2. The van der Waals surface area contributed by atoms with Crippen LogP contribution >= 0.6 is 0 Å². The molecule has 94 valence electrons. The summed E-state index contributed by atoms with van der Waals surface area (Å²) in [6.45, 7) is 3.79. The normalized spacial score (nSPS) is 10.0. The first-order valence-electron chi connectivity index (χ1n) is 5.19. The van der Waals surface area contributed by atoms with Gasteiger partial charge < -0.3 is 9.47 Å². The molecular formula is C12H18N2O3. The van der Waals surface area contributed by atoms with Crippen molar-refractivity contribution in [1.29, 1.82) is 0 Å². The minimum atomic E-state index is -0.316. The highest BCUT2D eigenvalue weighted by atomic mass is 16.5. The lowest BCUT2D eigenvalue weighted by molar-refractivity contribution is 0.0791. The third kappa shape index (κ3) is 2.34. The van der Waals surface area contributed by atoms with Crippen molar-refractivity contribution in [1.82, 2.24) is 5.01 Å². The summed E-state index contributed by atoms with van der Waals surface area (Å²) in [6.07, 6.45) is 0. The third-order valence-electron chi connectivity index (χ3n) is 2.77. The van der Waals surface area contributed by atoms with E-state index < -0.39 is 0 Å². The van der Waals surface area contributed by atoms with Crippen LogP contribution in [0.15, 0.2) is 6.07 Å². The van der Waals surface area contributed by atoms with E-state index in [0.717, 1.165) is 16.1 Å².